The minimum Gasteiger partial charge on any atom is -0.395 e. The van der Waals surface area contributed by atoms with E-state index >= 15 is 0 Å². The molecule has 0 bridgehead atoms. The zero-order chi connectivity index (χ0) is 22.5. The summed E-state index contributed by atoms with van der Waals surface area (Å²) >= 11 is 0. The van der Waals surface area contributed by atoms with E-state index in [1.54, 1.807) is 18.2 Å². The van der Waals surface area contributed by atoms with Crippen LogP contribution in [0.4, 0.5) is 20.7 Å². The number of amides is 2. The van der Waals surface area contributed by atoms with Crippen molar-refractivity contribution >= 4 is 34.7 Å². The summed E-state index contributed by atoms with van der Waals surface area (Å²) < 4.78 is 35.1. The second-order valence-corrected chi connectivity index (χ2v) is 6.85. The highest BCUT2D eigenvalue weighted by Gasteiger charge is 2.43. The number of aromatic amines is 2. The van der Waals surface area contributed by atoms with E-state index in [0.29, 0.717) is 11.1 Å². The van der Waals surface area contributed by atoms with E-state index in [1.807, 2.05) is 13.0 Å². The summed E-state index contributed by atoms with van der Waals surface area (Å²) in [4.78, 5) is 35.5. The van der Waals surface area contributed by atoms with Gasteiger partial charge in [-0.25, -0.2) is 4.98 Å². The van der Waals surface area contributed by atoms with E-state index in [0.717, 1.165) is 5.56 Å². The van der Waals surface area contributed by atoms with Crippen molar-refractivity contribution in [2.24, 2.45) is 0 Å². The van der Waals surface area contributed by atoms with Gasteiger partial charge in [-0.1, -0.05) is 17.7 Å². The molecule has 0 spiro atoms. The number of rotatable bonds is 4. The summed E-state index contributed by atoms with van der Waals surface area (Å²) in [6.45, 7) is 1.85. The van der Waals surface area contributed by atoms with Gasteiger partial charge in [0.05, 0.1) is 11.0 Å². The number of benzene rings is 2. The fourth-order valence-electron chi connectivity index (χ4n) is 3.06. The summed E-state index contributed by atoms with van der Waals surface area (Å²) in [7, 11) is 0. The van der Waals surface area contributed by atoms with Gasteiger partial charge in [0, 0.05) is 17.7 Å². The fraction of sp³-hybridized carbons (Fsp3) is 0.105. The molecule has 4 N–H and O–H groups in total. The van der Waals surface area contributed by atoms with Crippen LogP contribution in [0.3, 0.4) is 0 Å². The SMILES string of the molecule is Cc1cccc(C(=O)Nc2n[nH]c(C(=O)Nc3nc4cc5c(cc4[nH]3)OC(F)(F)O5)n2)c1. The highest BCUT2D eigenvalue weighted by atomic mass is 19.3. The second kappa shape index (κ2) is 7.01. The topological polar surface area (TPSA) is 147 Å². The van der Waals surface area contributed by atoms with Gasteiger partial charge in [-0.3, -0.25) is 25.3 Å². The van der Waals surface area contributed by atoms with Gasteiger partial charge >= 0.3 is 6.29 Å². The number of ether oxygens (including phenoxy) is 2. The van der Waals surface area contributed by atoms with Crippen LogP contribution in [-0.2, 0) is 0 Å². The average Bonchev–Trinajstić information content (AvgIpc) is 3.41. The van der Waals surface area contributed by atoms with Gasteiger partial charge in [0.15, 0.2) is 11.5 Å². The maximum Gasteiger partial charge on any atom is 0.586 e. The first-order valence-corrected chi connectivity index (χ1v) is 9.17. The first kappa shape index (κ1) is 19.4. The molecule has 3 heterocycles. The fourth-order valence-corrected chi connectivity index (χ4v) is 3.06. The predicted molar refractivity (Wildman–Crippen MR) is 106 cm³/mol. The number of fused-ring (bicyclic) bond motifs is 2. The molecule has 0 saturated carbocycles. The number of alkyl halides is 2. The maximum atomic E-state index is 13.2. The van der Waals surface area contributed by atoms with Crippen molar-refractivity contribution in [3.8, 4) is 11.5 Å². The third-order valence-electron chi connectivity index (χ3n) is 4.44. The third kappa shape index (κ3) is 3.66. The van der Waals surface area contributed by atoms with Crippen LogP contribution in [0.1, 0.15) is 26.5 Å². The average molecular weight is 441 g/mol. The van der Waals surface area contributed by atoms with E-state index in [-0.39, 0.29) is 34.7 Å². The smallest absolute Gasteiger partial charge is 0.395 e. The molecular formula is C19H13F2N7O4. The Hall–Kier alpha value is -4.55. The minimum atomic E-state index is -3.74. The number of H-pyrrole nitrogens is 2. The number of carbonyl (C=O) groups is 2. The molecule has 1 aliphatic heterocycles. The number of aromatic nitrogens is 5. The van der Waals surface area contributed by atoms with Gasteiger partial charge in [0.2, 0.25) is 17.7 Å². The molecule has 1 aliphatic rings. The van der Waals surface area contributed by atoms with Crippen molar-refractivity contribution in [2.45, 2.75) is 13.2 Å². The van der Waals surface area contributed by atoms with Gasteiger partial charge in [-0.2, -0.15) is 4.98 Å². The monoisotopic (exact) mass is 441 g/mol. The van der Waals surface area contributed by atoms with Crippen molar-refractivity contribution in [1.82, 2.24) is 25.1 Å². The maximum absolute atomic E-state index is 13.2. The van der Waals surface area contributed by atoms with Crippen molar-refractivity contribution < 1.29 is 27.8 Å². The number of anilines is 2. The van der Waals surface area contributed by atoms with Crippen LogP contribution in [0, 0.1) is 6.92 Å². The van der Waals surface area contributed by atoms with Crippen LogP contribution < -0.4 is 20.1 Å². The van der Waals surface area contributed by atoms with Crippen LogP contribution in [0.15, 0.2) is 36.4 Å². The summed E-state index contributed by atoms with van der Waals surface area (Å²) in [6.07, 6.45) is -3.74. The van der Waals surface area contributed by atoms with Crippen LogP contribution in [0.25, 0.3) is 11.0 Å². The molecule has 162 valence electrons. The molecular weight excluding hydrogens is 428 g/mol. The summed E-state index contributed by atoms with van der Waals surface area (Å²) in [5, 5.41) is 11.2. The molecule has 5 rings (SSSR count). The lowest BCUT2D eigenvalue weighted by Crippen LogP contribution is -2.25. The lowest BCUT2D eigenvalue weighted by atomic mass is 10.1. The van der Waals surface area contributed by atoms with Crippen LogP contribution in [0.2, 0.25) is 0 Å². The highest BCUT2D eigenvalue weighted by molar-refractivity contribution is 6.04. The van der Waals surface area contributed by atoms with Gasteiger partial charge < -0.3 is 14.5 Å². The number of hydrogen-bond donors (Lipinski definition) is 4. The first-order chi connectivity index (χ1) is 15.3. The van der Waals surface area contributed by atoms with E-state index in [2.05, 4.69) is 45.3 Å². The summed E-state index contributed by atoms with van der Waals surface area (Å²) in [6, 6.07) is 9.47. The van der Waals surface area contributed by atoms with Crippen molar-refractivity contribution in [3.05, 3.63) is 53.3 Å². The highest BCUT2D eigenvalue weighted by Crippen LogP contribution is 2.42. The number of carbonyl (C=O) groups excluding carboxylic acids is 2. The molecule has 0 fully saturated rings. The van der Waals surface area contributed by atoms with E-state index < -0.39 is 18.1 Å². The quantitative estimate of drug-likeness (QED) is 0.381. The van der Waals surface area contributed by atoms with E-state index in [9.17, 15) is 18.4 Å². The van der Waals surface area contributed by atoms with Crippen LogP contribution in [-0.4, -0.2) is 43.3 Å². The zero-order valence-corrected chi connectivity index (χ0v) is 16.2. The molecule has 0 saturated heterocycles. The Balaban J connectivity index is 1.28. The van der Waals surface area contributed by atoms with Crippen molar-refractivity contribution in [1.29, 1.82) is 0 Å². The number of halogens is 2. The van der Waals surface area contributed by atoms with Gasteiger partial charge in [0.1, 0.15) is 0 Å². The lowest BCUT2D eigenvalue weighted by Gasteiger charge is -2.04. The van der Waals surface area contributed by atoms with Crippen LogP contribution in [0.5, 0.6) is 11.5 Å². The molecule has 32 heavy (non-hydrogen) atoms. The number of aryl methyl sites for hydroxylation is 1. The number of nitrogens with one attached hydrogen (secondary N) is 4. The van der Waals surface area contributed by atoms with Crippen LogP contribution >= 0.6 is 0 Å². The van der Waals surface area contributed by atoms with Gasteiger partial charge in [0.25, 0.3) is 11.8 Å². The van der Waals surface area contributed by atoms with Gasteiger partial charge in [-0.05, 0) is 19.1 Å². The van der Waals surface area contributed by atoms with Gasteiger partial charge in [-0.15, -0.1) is 13.9 Å². The molecule has 11 nitrogen and oxygen atoms in total. The zero-order valence-electron chi connectivity index (χ0n) is 16.2. The Morgan fingerprint density at radius 1 is 1.03 bits per heavy atom. The Labute approximate surface area is 177 Å². The molecule has 2 aromatic heterocycles. The largest absolute Gasteiger partial charge is 0.586 e. The lowest BCUT2D eigenvalue weighted by molar-refractivity contribution is -0.286. The Morgan fingerprint density at radius 2 is 1.81 bits per heavy atom. The number of imidazole rings is 1. The van der Waals surface area contributed by atoms with E-state index in [1.165, 1.54) is 12.1 Å². The number of nitrogens with zero attached hydrogens (tertiary/aromatic N) is 3. The third-order valence-corrected chi connectivity index (χ3v) is 4.44. The molecule has 13 heteroatoms. The van der Waals surface area contributed by atoms with E-state index in [4.69, 9.17) is 0 Å². The second-order valence-electron chi connectivity index (χ2n) is 6.85. The Bertz CT molecular complexity index is 1340. The minimum absolute atomic E-state index is 0.0298. The standard InChI is InChI=1S/C19H13F2N7O4/c1-8-3-2-4-9(5-8)15(29)25-18-24-14(27-28-18)16(30)26-17-22-10-6-12-13(7-11(10)23-17)32-19(20,21)31-12/h2-7H,1H3,(H2,22,23,26,30)(H2,24,25,27,28,29). The van der Waals surface area contributed by atoms with Crippen molar-refractivity contribution in [3.63, 3.8) is 0 Å². The van der Waals surface area contributed by atoms with Crippen molar-refractivity contribution in [2.75, 3.05) is 10.6 Å². The molecule has 0 aliphatic carbocycles. The summed E-state index contributed by atoms with van der Waals surface area (Å²) in [5.74, 6) is -1.69. The summed E-state index contributed by atoms with van der Waals surface area (Å²) in [5.41, 5.74) is 1.93. The predicted octanol–water partition coefficient (Wildman–Crippen LogP) is 2.82. The Kier molecular flexibility index (Phi) is 4.25. The first-order valence-electron chi connectivity index (χ1n) is 9.17. The molecule has 0 radical (unpaired) electrons. The molecule has 0 atom stereocenters. The molecule has 2 aromatic carbocycles. The molecule has 0 unspecified atom stereocenters. The number of hydrogen-bond acceptors (Lipinski definition) is 7. The molecule has 4 aromatic rings. The molecule has 2 amide bonds. The Morgan fingerprint density at radius 3 is 2.59 bits per heavy atom. The normalized spacial score (nSPS) is 13.8.